The lowest BCUT2D eigenvalue weighted by molar-refractivity contribution is 0.0742. The summed E-state index contributed by atoms with van der Waals surface area (Å²) in [5, 5.41) is 0.531. The molecule has 4 nitrogen and oxygen atoms in total. The number of nitrogens with two attached hydrogens (primary N) is 1. The highest BCUT2D eigenvalue weighted by Crippen LogP contribution is 2.30. The zero-order chi connectivity index (χ0) is 15.6. The van der Waals surface area contributed by atoms with E-state index in [9.17, 15) is 4.79 Å². The quantitative estimate of drug-likeness (QED) is 0.874. The highest BCUT2D eigenvalue weighted by atomic mass is 35.5. The lowest BCUT2D eigenvalue weighted by atomic mass is 10.1. The second-order valence-electron chi connectivity index (χ2n) is 4.73. The van der Waals surface area contributed by atoms with E-state index in [0.717, 1.165) is 5.56 Å². The van der Waals surface area contributed by atoms with Crippen molar-refractivity contribution in [2.45, 2.75) is 13.0 Å². The van der Waals surface area contributed by atoms with Gasteiger partial charge in [0.05, 0.1) is 21.8 Å². The Bertz CT molecular complexity index is 638. The number of nitrogen functional groups attached to an aromatic ring is 1. The summed E-state index contributed by atoms with van der Waals surface area (Å²) in [5.74, 6) is -0.176. The van der Waals surface area contributed by atoms with Crippen LogP contribution in [0.25, 0.3) is 0 Å². The summed E-state index contributed by atoms with van der Waals surface area (Å²) in [5.41, 5.74) is 7.44. The standard InChI is InChI=1S/C15H15Cl2N3O/c1-9(10-3-5-19-6-4-10)20(2)15(21)11-7-12(16)14(17)13(18)8-11/h3-9H,18H2,1-2H3. The summed E-state index contributed by atoms with van der Waals surface area (Å²) in [4.78, 5) is 18.1. The van der Waals surface area contributed by atoms with Gasteiger partial charge in [0.15, 0.2) is 0 Å². The summed E-state index contributed by atoms with van der Waals surface area (Å²) >= 11 is 11.9. The molecule has 0 aliphatic heterocycles. The third-order valence-electron chi connectivity index (χ3n) is 3.39. The van der Waals surface area contributed by atoms with Gasteiger partial charge in [0.25, 0.3) is 5.91 Å². The van der Waals surface area contributed by atoms with Crippen LogP contribution in [-0.2, 0) is 0 Å². The number of carbonyl (C=O) groups excluding carboxylic acids is 1. The van der Waals surface area contributed by atoms with Crippen molar-refractivity contribution >= 4 is 34.8 Å². The largest absolute Gasteiger partial charge is 0.397 e. The van der Waals surface area contributed by atoms with Crippen molar-refractivity contribution in [2.24, 2.45) is 0 Å². The van der Waals surface area contributed by atoms with E-state index >= 15 is 0 Å². The molecule has 110 valence electrons. The minimum atomic E-state index is -0.176. The van der Waals surface area contributed by atoms with Crippen LogP contribution in [0.3, 0.4) is 0 Å². The number of halogens is 2. The number of hydrogen-bond acceptors (Lipinski definition) is 3. The Kier molecular flexibility index (Phi) is 4.70. The summed E-state index contributed by atoms with van der Waals surface area (Å²) in [6, 6.07) is 6.70. The zero-order valence-electron chi connectivity index (χ0n) is 11.7. The van der Waals surface area contributed by atoms with Crippen molar-refractivity contribution in [2.75, 3.05) is 12.8 Å². The summed E-state index contributed by atoms with van der Waals surface area (Å²) in [7, 11) is 1.73. The highest BCUT2D eigenvalue weighted by molar-refractivity contribution is 6.43. The Labute approximate surface area is 133 Å². The van der Waals surface area contributed by atoms with Gasteiger partial charge in [0.2, 0.25) is 0 Å². The van der Waals surface area contributed by atoms with Crippen LogP contribution in [-0.4, -0.2) is 22.8 Å². The number of hydrogen-bond donors (Lipinski definition) is 1. The van der Waals surface area contributed by atoms with Gasteiger partial charge in [0, 0.05) is 25.0 Å². The maximum absolute atomic E-state index is 12.5. The third kappa shape index (κ3) is 3.28. The van der Waals surface area contributed by atoms with Crippen molar-refractivity contribution in [3.8, 4) is 0 Å². The van der Waals surface area contributed by atoms with Crippen molar-refractivity contribution in [3.63, 3.8) is 0 Å². The van der Waals surface area contributed by atoms with E-state index in [1.54, 1.807) is 24.3 Å². The van der Waals surface area contributed by atoms with Crippen LogP contribution in [0.5, 0.6) is 0 Å². The third-order valence-corrected chi connectivity index (χ3v) is 4.21. The highest BCUT2D eigenvalue weighted by Gasteiger charge is 2.20. The Balaban J connectivity index is 2.27. The number of rotatable bonds is 3. The molecule has 0 saturated carbocycles. The normalized spacial score (nSPS) is 12.0. The molecule has 2 N–H and O–H groups in total. The second-order valence-corrected chi connectivity index (χ2v) is 5.52. The van der Waals surface area contributed by atoms with Crippen LogP contribution in [0.1, 0.15) is 28.9 Å². The van der Waals surface area contributed by atoms with Crippen molar-refractivity contribution in [1.82, 2.24) is 9.88 Å². The average Bonchev–Trinajstić information content (AvgIpc) is 2.50. The van der Waals surface area contributed by atoms with Crippen LogP contribution in [0, 0.1) is 0 Å². The number of anilines is 1. The van der Waals surface area contributed by atoms with Gasteiger partial charge >= 0.3 is 0 Å². The average molecular weight is 324 g/mol. The number of pyridine rings is 1. The van der Waals surface area contributed by atoms with E-state index in [1.807, 2.05) is 19.1 Å². The molecule has 0 aliphatic carbocycles. The molecule has 0 spiro atoms. The Morgan fingerprint density at radius 1 is 1.29 bits per heavy atom. The van der Waals surface area contributed by atoms with Gasteiger partial charge < -0.3 is 10.6 Å². The number of nitrogens with zero attached hydrogens (tertiary/aromatic N) is 2. The van der Waals surface area contributed by atoms with E-state index in [-0.39, 0.29) is 27.7 Å². The molecule has 2 rings (SSSR count). The van der Waals surface area contributed by atoms with Gasteiger partial charge in [-0.3, -0.25) is 9.78 Å². The molecule has 0 aliphatic rings. The maximum Gasteiger partial charge on any atom is 0.254 e. The molecule has 6 heteroatoms. The van der Waals surface area contributed by atoms with Gasteiger partial charge in [-0.25, -0.2) is 0 Å². The molecular formula is C15H15Cl2N3O. The fourth-order valence-corrected chi connectivity index (χ4v) is 2.31. The molecule has 1 atom stereocenters. The first-order chi connectivity index (χ1) is 9.91. The first kappa shape index (κ1) is 15.6. The molecule has 0 saturated heterocycles. The number of amides is 1. The minimum Gasteiger partial charge on any atom is -0.397 e. The predicted octanol–water partition coefficient (Wildman–Crippen LogP) is 3.80. The van der Waals surface area contributed by atoms with Gasteiger partial charge in [-0.1, -0.05) is 23.2 Å². The fraction of sp³-hybridized carbons (Fsp3) is 0.200. The number of carbonyl (C=O) groups is 1. The Morgan fingerprint density at radius 3 is 2.48 bits per heavy atom. The topological polar surface area (TPSA) is 59.2 Å². The van der Waals surface area contributed by atoms with Gasteiger partial charge in [-0.2, -0.15) is 0 Å². The smallest absolute Gasteiger partial charge is 0.254 e. The van der Waals surface area contributed by atoms with E-state index < -0.39 is 0 Å². The van der Waals surface area contributed by atoms with Crippen LogP contribution < -0.4 is 5.73 Å². The molecule has 21 heavy (non-hydrogen) atoms. The number of benzene rings is 1. The Morgan fingerprint density at radius 2 is 1.90 bits per heavy atom. The molecular weight excluding hydrogens is 309 g/mol. The summed E-state index contributed by atoms with van der Waals surface area (Å²) in [6.07, 6.45) is 3.39. The van der Waals surface area contributed by atoms with Gasteiger partial charge in [-0.05, 0) is 36.8 Å². The van der Waals surface area contributed by atoms with E-state index in [1.165, 1.54) is 12.1 Å². The Hall–Kier alpha value is -1.78. The SMILES string of the molecule is CC(c1ccncc1)N(C)C(=O)c1cc(N)c(Cl)c(Cl)c1. The van der Waals surface area contributed by atoms with Crippen molar-refractivity contribution in [1.29, 1.82) is 0 Å². The second kappa shape index (κ2) is 6.33. The molecule has 1 aromatic carbocycles. The fourth-order valence-electron chi connectivity index (χ4n) is 1.98. The number of aromatic nitrogens is 1. The van der Waals surface area contributed by atoms with Crippen LogP contribution in [0.15, 0.2) is 36.7 Å². The molecule has 1 aromatic heterocycles. The van der Waals surface area contributed by atoms with Gasteiger partial charge in [-0.15, -0.1) is 0 Å². The first-order valence-corrected chi connectivity index (χ1v) is 7.09. The van der Waals surface area contributed by atoms with Gasteiger partial charge in [0.1, 0.15) is 0 Å². The van der Waals surface area contributed by atoms with Crippen molar-refractivity contribution < 1.29 is 4.79 Å². The molecule has 0 bridgehead atoms. The molecule has 2 aromatic rings. The summed E-state index contributed by atoms with van der Waals surface area (Å²) < 4.78 is 0. The zero-order valence-corrected chi connectivity index (χ0v) is 13.2. The van der Waals surface area contributed by atoms with E-state index in [2.05, 4.69) is 4.98 Å². The maximum atomic E-state index is 12.5. The lowest BCUT2D eigenvalue weighted by Gasteiger charge is -2.25. The van der Waals surface area contributed by atoms with Crippen LogP contribution in [0.2, 0.25) is 10.0 Å². The molecule has 0 fully saturated rings. The summed E-state index contributed by atoms with van der Waals surface area (Å²) in [6.45, 7) is 1.94. The minimum absolute atomic E-state index is 0.101. The predicted molar refractivity (Wildman–Crippen MR) is 85.6 cm³/mol. The molecule has 1 amide bonds. The first-order valence-electron chi connectivity index (χ1n) is 6.33. The molecule has 1 unspecified atom stereocenters. The van der Waals surface area contributed by atoms with Crippen LogP contribution in [0.4, 0.5) is 5.69 Å². The molecule has 1 heterocycles. The van der Waals surface area contributed by atoms with Crippen LogP contribution >= 0.6 is 23.2 Å². The van der Waals surface area contributed by atoms with Crippen molar-refractivity contribution in [3.05, 3.63) is 57.8 Å². The van der Waals surface area contributed by atoms with E-state index in [4.69, 9.17) is 28.9 Å². The lowest BCUT2D eigenvalue weighted by Crippen LogP contribution is -2.29. The molecule has 0 radical (unpaired) electrons. The monoisotopic (exact) mass is 323 g/mol. The van der Waals surface area contributed by atoms with E-state index in [0.29, 0.717) is 5.56 Å².